The van der Waals surface area contributed by atoms with Crippen LogP contribution in [0.3, 0.4) is 0 Å². The molecule has 2 aromatic carbocycles. The van der Waals surface area contributed by atoms with E-state index in [2.05, 4.69) is 15.9 Å². The lowest BCUT2D eigenvalue weighted by atomic mass is 10.1. The summed E-state index contributed by atoms with van der Waals surface area (Å²) in [5, 5.41) is 10.6. The molecule has 0 aliphatic rings. The van der Waals surface area contributed by atoms with Gasteiger partial charge in [-0.3, -0.25) is 14.9 Å². The molecule has 8 heteroatoms. The molecule has 124 valence electrons. The predicted octanol–water partition coefficient (Wildman–Crippen LogP) is 3.41. The molecule has 0 spiro atoms. The smallest absolute Gasteiger partial charge is 0.338 e. The number of hydrogen-bond donors (Lipinski definition) is 0. The zero-order chi connectivity index (χ0) is 17.7. The summed E-state index contributed by atoms with van der Waals surface area (Å²) in [6, 6.07) is 9.71. The maximum absolute atomic E-state index is 12.0. The van der Waals surface area contributed by atoms with Crippen LogP contribution in [0.25, 0.3) is 0 Å². The van der Waals surface area contributed by atoms with Crippen LogP contribution in [-0.4, -0.2) is 30.4 Å². The maximum atomic E-state index is 12.0. The lowest BCUT2D eigenvalue weighted by molar-refractivity contribution is -0.384. The highest BCUT2D eigenvalue weighted by molar-refractivity contribution is 9.10. The van der Waals surface area contributed by atoms with E-state index >= 15 is 0 Å². The number of methoxy groups -OCH3 is 1. The van der Waals surface area contributed by atoms with Crippen LogP contribution in [0.5, 0.6) is 5.75 Å². The molecule has 2 rings (SSSR count). The highest BCUT2D eigenvalue weighted by Crippen LogP contribution is 2.25. The molecule has 0 aromatic heterocycles. The fourth-order valence-electron chi connectivity index (χ4n) is 1.86. The lowest BCUT2D eigenvalue weighted by Gasteiger charge is -2.07. The quantitative estimate of drug-likeness (QED) is 0.323. The summed E-state index contributed by atoms with van der Waals surface area (Å²) in [5.74, 6) is -0.548. The van der Waals surface area contributed by atoms with Gasteiger partial charge >= 0.3 is 5.97 Å². The second-order valence-corrected chi connectivity index (χ2v) is 5.51. The number of nitro groups is 1. The van der Waals surface area contributed by atoms with Crippen molar-refractivity contribution in [2.24, 2.45) is 0 Å². The van der Waals surface area contributed by atoms with Gasteiger partial charge in [-0.05, 0) is 46.3 Å². The van der Waals surface area contributed by atoms with Crippen molar-refractivity contribution in [2.45, 2.75) is 0 Å². The average Bonchev–Trinajstić information content (AvgIpc) is 2.59. The third kappa shape index (κ3) is 4.17. The van der Waals surface area contributed by atoms with Gasteiger partial charge in [0.2, 0.25) is 0 Å². The van der Waals surface area contributed by atoms with E-state index in [1.54, 1.807) is 6.07 Å². The zero-order valence-electron chi connectivity index (χ0n) is 12.5. The largest absolute Gasteiger partial charge is 0.496 e. The highest BCUT2D eigenvalue weighted by Gasteiger charge is 2.14. The van der Waals surface area contributed by atoms with Gasteiger partial charge in [-0.15, -0.1) is 0 Å². The third-order valence-corrected chi connectivity index (χ3v) is 3.74. The standard InChI is InChI=1S/C16H12BrNO6/c1-23-15-7-4-11(8-13(15)17)16(20)24-9-14(19)10-2-5-12(6-3-10)18(21)22/h2-8H,9H2,1H3. The number of esters is 1. The zero-order valence-corrected chi connectivity index (χ0v) is 14.1. The molecular formula is C16H12BrNO6. The highest BCUT2D eigenvalue weighted by atomic mass is 79.9. The first-order valence-corrected chi connectivity index (χ1v) is 7.50. The van der Waals surface area contributed by atoms with Crippen molar-refractivity contribution in [3.8, 4) is 5.75 Å². The Morgan fingerprint density at radius 3 is 2.29 bits per heavy atom. The van der Waals surface area contributed by atoms with E-state index in [0.717, 1.165) is 0 Å². The van der Waals surface area contributed by atoms with Crippen molar-refractivity contribution in [3.05, 3.63) is 68.2 Å². The van der Waals surface area contributed by atoms with Crippen LogP contribution >= 0.6 is 15.9 Å². The fraction of sp³-hybridized carbons (Fsp3) is 0.125. The summed E-state index contributed by atoms with van der Waals surface area (Å²) in [7, 11) is 1.50. The minimum absolute atomic E-state index is 0.119. The van der Waals surface area contributed by atoms with E-state index in [-0.39, 0.29) is 16.8 Å². The summed E-state index contributed by atoms with van der Waals surface area (Å²) in [6.45, 7) is -0.458. The van der Waals surface area contributed by atoms with E-state index in [1.165, 1.54) is 43.5 Å². The summed E-state index contributed by atoms with van der Waals surface area (Å²) in [6.07, 6.45) is 0. The minimum atomic E-state index is -0.659. The molecule has 0 radical (unpaired) electrons. The number of rotatable bonds is 6. The Hall–Kier alpha value is -2.74. The van der Waals surface area contributed by atoms with Crippen LogP contribution in [0.15, 0.2) is 46.9 Å². The first-order valence-electron chi connectivity index (χ1n) is 6.70. The second-order valence-electron chi connectivity index (χ2n) is 4.65. The number of ether oxygens (including phenoxy) is 2. The van der Waals surface area contributed by atoms with Gasteiger partial charge in [0.05, 0.1) is 22.1 Å². The summed E-state index contributed by atoms with van der Waals surface area (Å²) in [4.78, 5) is 33.9. The summed E-state index contributed by atoms with van der Waals surface area (Å²) >= 11 is 3.26. The van der Waals surface area contributed by atoms with Crippen molar-refractivity contribution in [3.63, 3.8) is 0 Å². The van der Waals surface area contributed by atoms with Crippen molar-refractivity contribution in [1.82, 2.24) is 0 Å². The summed E-state index contributed by atoms with van der Waals surface area (Å²) < 4.78 is 10.6. The number of nitro benzene ring substituents is 1. The maximum Gasteiger partial charge on any atom is 0.338 e. The number of benzene rings is 2. The van der Waals surface area contributed by atoms with E-state index in [0.29, 0.717) is 10.2 Å². The molecule has 0 aliphatic heterocycles. The molecule has 0 fully saturated rings. The number of ketones is 1. The topological polar surface area (TPSA) is 95.7 Å². The van der Waals surface area contributed by atoms with Crippen molar-refractivity contribution in [1.29, 1.82) is 0 Å². The van der Waals surface area contributed by atoms with Crippen molar-refractivity contribution < 1.29 is 24.0 Å². The SMILES string of the molecule is COc1ccc(C(=O)OCC(=O)c2ccc([N+](=O)[O-])cc2)cc1Br. The molecule has 0 aliphatic carbocycles. The van der Waals surface area contributed by atoms with Gasteiger partial charge in [-0.25, -0.2) is 4.79 Å². The molecule has 0 atom stereocenters. The Labute approximate surface area is 145 Å². The van der Waals surface area contributed by atoms with E-state index in [4.69, 9.17) is 9.47 Å². The first kappa shape index (κ1) is 17.6. The molecule has 0 N–H and O–H groups in total. The number of hydrogen-bond acceptors (Lipinski definition) is 6. The van der Waals surface area contributed by atoms with Gasteiger partial charge in [0, 0.05) is 17.7 Å². The molecule has 7 nitrogen and oxygen atoms in total. The Balaban J connectivity index is 1.99. The fourth-order valence-corrected chi connectivity index (χ4v) is 2.40. The van der Waals surface area contributed by atoms with Gasteiger partial charge < -0.3 is 9.47 Å². The van der Waals surface area contributed by atoms with E-state index < -0.39 is 23.3 Å². The molecular weight excluding hydrogens is 382 g/mol. The van der Waals surface area contributed by atoms with Crippen molar-refractivity contribution >= 4 is 33.4 Å². The number of carbonyl (C=O) groups is 2. The predicted molar refractivity (Wildman–Crippen MR) is 88.4 cm³/mol. The molecule has 24 heavy (non-hydrogen) atoms. The van der Waals surface area contributed by atoms with Crippen LogP contribution in [-0.2, 0) is 4.74 Å². The van der Waals surface area contributed by atoms with E-state index in [1.807, 2.05) is 0 Å². The Kier molecular flexibility index (Phi) is 5.64. The Bertz CT molecular complexity index is 788. The van der Waals surface area contributed by atoms with Gasteiger partial charge in [-0.1, -0.05) is 0 Å². The first-order chi connectivity index (χ1) is 11.4. The number of halogens is 1. The lowest BCUT2D eigenvalue weighted by Crippen LogP contribution is -2.14. The van der Waals surface area contributed by atoms with Crippen LogP contribution in [0.2, 0.25) is 0 Å². The van der Waals surface area contributed by atoms with E-state index in [9.17, 15) is 19.7 Å². The summed E-state index contributed by atoms with van der Waals surface area (Å²) in [5.41, 5.74) is 0.370. The van der Waals surface area contributed by atoms with Crippen LogP contribution < -0.4 is 4.74 Å². The number of non-ortho nitro benzene ring substituents is 1. The van der Waals surface area contributed by atoms with Gasteiger partial charge in [-0.2, -0.15) is 0 Å². The Morgan fingerprint density at radius 1 is 1.12 bits per heavy atom. The molecule has 0 saturated heterocycles. The van der Waals surface area contributed by atoms with Crippen LogP contribution in [0, 0.1) is 10.1 Å². The minimum Gasteiger partial charge on any atom is -0.496 e. The third-order valence-electron chi connectivity index (χ3n) is 3.12. The molecule has 0 saturated carbocycles. The molecule has 0 heterocycles. The normalized spacial score (nSPS) is 10.1. The average molecular weight is 394 g/mol. The number of carbonyl (C=O) groups excluding carboxylic acids is 2. The van der Waals surface area contributed by atoms with Gasteiger partial charge in [0.25, 0.3) is 5.69 Å². The molecule has 0 bridgehead atoms. The number of nitrogens with zero attached hydrogens (tertiary/aromatic N) is 1. The van der Waals surface area contributed by atoms with Crippen LogP contribution in [0.4, 0.5) is 5.69 Å². The molecule has 0 unspecified atom stereocenters. The second kappa shape index (κ2) is 7.69. The molecule has 2 aromatic rings. The number of Topliss-reactive ketones (excluding diaryl/α,β-unsaturated/α-hetero) is 1. The molecule has 0 amide bonds. The van der Waals surface area contributed by atoms with Gasteiger partial charge in [0.1, 0.15) is 5.75 Å². The van der Waals surface area contributed by atoms with Crippen molar-refractivity contribution in [2.75, 3.05) is 13.7 Å². The van der Waals surface area contributed by atoms with Gasteiger partial charge in [0.15, 0.2) is 12.4 Å². The Morgan fingerprint density at radius 2 is 1.75 bits per heavy atom. The van der Waals surface area contributed by atoms with Crippen LogP contribution in [0.1, 0.15) is 20.7 Å². The monoisotopic (exact) mass is 393 g/mol.